The highest BCUT2D eigenvalue weighted by Gasteiger charge is 2.25. The number of H-pyrrole nitrogens is 1. The fourth-order valence-corrected chi connectivity index (χ4v) is 3.28. The number of hydrogen-bond donors (Lipinski definition) is 2. The zero-order valence-corrected chi connectivity index (χ0v) is 14.8. The van der Waals surface area contributed by atoms with Gasteiger partial charge in [-0.15, -0.1) is 0 Å². The molecule has 0 radical (unpaired) electrons. The summed E-state index contributed by atoms with van der Waals surface area (Å²) in [6.45, 7) is 9.89. The van der Waals surface area contributed by atoms with Crippen molar-refractivity contribution in [3.8, 4) is 0 Å². The van der Waals surface area contributed by atoms with Gasteiger partial charge in [0.15, 0.2) is 4.77 Å². The van der Waals surface area contributed by atoms with E-state index in [1.165, 1.54) is 5.56 Å². The van der Waals surface area contributed by atoms with Gasteiger partial charge in [-0.05, 0) is 31.6 Å². The summed E-state index contributed by atoms with van der Waals surface area (Å²) < 4.78 is 2.35. The molecule has 2 N–H and O–H groups in total. The molecule has 0 aliphatic carbocycles. The van der Waals surface area contributed by atoms with Crippen molar-refractivity contribution < 1.29 is 0 Å². The summed E-state index contributed by atoms with van der Waals surface area (Å²) >= 11 is 5.31. The molecule has 1 atom stereocenters. The zero-order chi connectivity index (χ0) is 17.3. The lowest BCUT2D eigenvalue weighted by molar-refractivity contribution is 0.206. The highest BCUT2D eigenvalue weighted by Crippen LogP contribution is 2.27. The van der Waals surface area contributed by atoms with Crippen molar-refractivity contribution in [1.82, 2.24) is 14.5 Å². The van der Waals surface area contributed by atoms with Gasteiger partial charge in [0.2, 0.25) is 0 Å². The van der Waals surface area contributed by atoms with Crippen molar-refractivity contribution in [3.05, 3.63) is 68.7 Å². The first-order valence-corrected chi connectivity index (χ1v) is 8.41. The summed E-state index contributed by atoms with van der Waals surface area (Å²) in [6.07, 6.45) is 0. The van der Waals surface area contributed by atoms with Gasteiger partial charge in [-0.2, -0.15) is 0 Å². The molecule has 1 aromatic carbocycles. The zero-order valence-electron chi connectivity index (χ0n) is 14.0. The predicted molar refractivity (Wildman–Crippen MR) is 99.6 cm³/mol. The van der Waals surface area contributed by atoms with Crippen molar-refractivity contribution in [2.24, 2.45) is 0 Å². The van der Waals surface area contributed by atoms with E-state index >= 15 is 0 Å². The molecule has 1 aliphatic heterocycles. The van der Waals surface area contributed by atoms with Crippen molar-refractivity contribution in [1.29, 1.82) is 0 Å². The Morgan fingerprint density at radius 2 is 2.08 bits per heavy atom. The average molecular weight is 342 g/mol. The van der Waals surface area contributed by atoms with E-state index in [2.05, 4.69) is 40.8 Å². The fourth-order valence-electron chi connectivity index (χ4n) is 3.03. The Morgan fingerprint density at radius 1 is 1.38 bits per heavy atom. The number of aromatic nitrogens is 2. The highest BCUT2D eigenvalue weighted by molar-refractivity contribution is 7.71. The standard InChI is InChI=1S/C18H22N4OS/c1-12(2)9-22-16-15(17(23)20-18(22)24)10-21(11-19-16)13(3)14-7-5-4-6-8-14/h4-8,13,19H,1,9-11H2,2-3H3,(H,20,23,24)/t13-/m1/s1. The molecule has 0 unspecified atom stereocenters. The molecule has 24 heavy (non-hydrogen) atoms. The van der Waals surface area contributed by atoms with Gasteiger partial charge in [-0.3, -0.25) is 14.7 Å². The Hall–Kier alpha value is -2.18. The Morgan fingerprint density at radius 3 is 2.75 bits per heavy atom. The number of nitrogens with zero attached hydrogens (tertiary/aromatic N) is 2. The topological polar surface area (TPSA) is 53.1 Å². The first kappa shape index (κ1) is 16.7. The van der Waals surface area contributed by atoms with Crippen LogP contribution in [0, 0.1) is 4.77 Å². The highest BCUT2D eigenvalue weighted by atomic mass is 32.1. The lowest BCUT2D eigenvalue weighted by atomic mass is 10.1. The van der Waals surface area contributed by atoms with Crippen molar-refractivity contribution in [2.45, 2.75) is 33.0 Å². The van der Waals surface area contributed by atoms with E-state index in [1.807, 2.05) is 29.7 Å². The molecular formula is C18H22N4OS. The van der Waals surface area contributed by atoms with Crippen LogP contribution in [0.4, 0.5) is 5.82 Å². The first-order chi connectivity index (χ1) is 11.5. The van der Waals surface area contributed by atoms with Crippen LogP contribution in [-0.2, 0) is 13.1 Å². The van der Waals surface area contributed by atoms with Gasteiger partial charge >= 0.3 is 0 Å². The molecule has 0 saturated heterocycles. The Bertz CT molecular complexity index is 869. The second-order valence-corrected chi connectivity index (χ2v) is 6.68. The van der Waals surface area contributed by atoms with Crippen molar-refractivity contribution in [2.75, 3.05) is 12.0 Å². The van der Waals surface area contributed by atoms with Crippen LogP contribution in [0.25, 0.3) is 0 Å². The van der Waals surface area contributed by atoms with Crippen LogP contribution in [-0.4, -0.2) is 21.1 Å². The molecule has 6 heteroatoms. The minimum absolute atomic E-state index is 0.120. The van der Waals surface area contributed by atoms with Gasteiger partial charge in [0, 0.05) is 19.1 Å². The smallest absolute Gasteiger partial charge is 0.258 e. The van der Waals surface area contributed by atoms with E-state index in [4.69, 9.17) is 12.2 Å². The Balaban J connectivity index is 1.95. The molecule has 126 valence electrons. The van der Waals surface area contributed by atoms with Gasteiger partial charge in [-0.25, -0.2) is 0 Å². The maximum absolute atomic E-state index is 12.4. The van der Waals surface area contributed by atoms with Crippen molar-refractivity contribution in [3.63, 3.8) is 0 Å². The van der Waals surface area contributed by atoms with Crippen LogP contribution in [0.15, 0.2) is 47.3 Å². The van der Waals surface area contributed by atoms with Gasteiger partial charge in [0.05, 0.1) is 12.2 Å². The number of anilines is 1. The Kier molecular flexibility index (Phi) is 4.69. The maximum atomic E-state index is 12.4. The number of nitrogens with one attached hydrogen (secondary N) is 2. The van der Waals surface area contributed by atoms with E-state index in [9.17, 15) is 4.79 Å². The molecule has 3 rings (SSSR count). The lowest BCUT2D eigenvalue weighted by Gasteiger charge is -2.35. The van der Waals surface area contributed by atoms with Gasteiger partial charge in [-0.1, -0.05) is 42.5 Å². The molecule has 0 amide bonds. The monoisotopic (exact) mass is 342 g/mol. The molecule has 2 heterocycles. The largest absolute Gasteiger partial charge is 0.358 e. The van der Waals surface area contributed by atoms with Crippen LogP contribution in [0.5, 0.6) is 0 Å². The molecule has 1 aromatic heterocycles. The van der Waals surface area contributed by atoms with E-state index < -0.39 is 0 Å². The van der Waals surface area contributed by atoms with Gasteiger partial charge in [0.1, 0.15) is 5.82 Å². The second-order valence-electron chi connectivity index (χ2n) is 6.30. The average Bonchev–Trinajstić information content (AvgIpc) is 2.58. The van der Waals surface area contributed by atoms with Crippen LogP contribution in [0.1, 0.15) is 31.0 Å². The second kappa shape index (κ2) is 6.75. The minimum atomic E-state index is -0.120. The molecule has 0 fully saturated rings. The first-order valence-electron chi connectivity index (χ1n) is 8.00. The van der Waals surface area contributed by atoms with Crippen LogP contribution < -0.4 is 10.9 Å². The van der Waals surface area contributed by atoms with Crippen LogP contribution in [0.3, 0.4) is 0 Å². The van der Waals surface area contributed by atoms with Crippen molar-refractivity contribution >= 4 is 18.0 Å². The van der Waals surface area contributed by atoms with E-state index in [0.717, 1.165) is 17.0 Å². The number of hydrogen-bond acceptors (Lipinski definition) is 4. The maximum Gasteiger partial charge on any atom is 0.258 e. The quantitative estimate of drug-likeness (QED) is 0.660. The summed E-state index contributed by atoms with van der Waals surface area (Å²) in [5.74, 6) is 0.809. The molecule has 0 saturated carbocycles. The third-order valence-corrected chi connectivity index (χ3v) is 4.69. The van der Waals surface area contributed by atoms with Gasteiger partial charge < -0.3 is 9.88 Å². The minimum Gasteiger partial charge on any atom is -0.358 e. The predicted octanol–water partition coefficient (Wildman–Crippen LogP) is 3.43. The van der Waals surface area contributed by atoms with Gasteiger partial charge in [0.25, 0.3) is 5.56 Å². The summed E-state index contributed by atoms with van der Waals surface area (Å²) in [7, 11) is 0. The number of fused-ring (bicyclic) bond motifs is 1. The van der Waals surface area contributed by atoms with Crippen LogP contribution >= 0.6 is 12.2 Å². The summed E-state index contributed by atoms with van der Waals surface area (Å²) in [5.41, 5.74) is 2.82. The van der Waals surface area contributed by atoms with E-state index in [1.54, 1.807) is 0 Å². The normalized spacial score (nSPS) is 15.4. The molecule has 1 aliphatic rings. The SMILES string of the molecule is C=C(C)Cn1c2c(c(=O)[nH]c1=S)CN([C@H](C)c1ccccc1)CN2. The van der Waals surface area contributed by atoms with Crippen LogP contribution in [0.2, 0.25) is 0 Å². The third kappa shape index (κ3) is 3.20. The number of allylic oxidation sites excluding steroid dienone is 1. The molecule has 5 nitrogen and oxygen atoms in total. The number of benzene rings is 1. The molecule has 2 aromatic rings. The number of aromatic amines is 1. The van der Waals surface area contributed by atoms with E-state index in [0.29, 0.717) is 24.5 Å². The fraction of sp³-hybridized carbons (Fsp3) is 0.333. The number of rotatable bonds is 4. The molecular weight excluding hydrogens is 320 g/mol. The van der Waals surface area contributed by atoms with E-state index in [-0.39, 0.29) is 11.6 Å². The lowest BCUT2D eigenvalue weighted by Crippen LogP contribution is -2.40. The molecule has 0 spiro atoms. The third-order valence-electron chi connectivity index (χ3n) is 4.36. The summed E-state index contributed by atoms with van der Waals surface area (Å²) in [6, 6.07) is 10.5. The Labute approximate surface area is 146 Å². The summed E-state index contributed by atoms with van der Waals surface area (Å²) in [4.78, 5) is 17.4. The summed E-state index contributed by atoms with van der Waals surface area (Å²) in [5, 5.41) is 3.38. The molecule has 0 bridgehead atoms.